The quantitative estimate of drug-likeness (QED) is 0.308. The zero-order chi connectivity index (χ0) is 25.9. The lowest BCUT2D eigenvalue weighted by molar-refractivity contribution is 0.261. The molecule has 3 aromatic carbocycles. The summed E-state index contributed by atoms with van der Waals surface area (Å²) in [4.78, 5) is 4.21. The Balaban J connectivity index is 2.02. The minimum atomic E-state index is 0.620. The van der Waals surface area contributed by atoms with E-state index < -0.39 is 0 Å². The van der Waals surface area contributed by atoms with Crippen LogP contribution < -0.4 is 18.9 Å². The summed E-state index contributed by atoms with van der Waals surface area (Å²) < 4.78 is 23.1. The predicted octanol–water partition coefficient (Wildman–Crippen LogP) is 5.17. The molecule has 0 fully saturated rings. The van der Waals surface area contributed by atoms with Gasteiger partial charge in [-0.3, -0.25) is 0 Å². The second-order valence-electron chi connectivity index (χ2n) is 9.06. The number of likely N-dealkylation sites (N-methyl/N-ethyl adjacent to an activating group) is 2. The van der Waals surface area contributed by atoms with Gasteiger partial charge in [0.1, 0.15) is 36.2 Å². The molecule has 0 aliphatic heterocycles. The number of nitrogens with zero attached hydrogens (tertiary/aromatic N) is 2. The molecule has 0 unspecified atom stereocenters. The Hall–Kier alpha value is -3.48. The van der Waals surface area contributed by atoms with Crippen LogP contribution in [-0.2, 0) is 0 Å². The van der Waals surface area contributed by atoms with Crippen LogP contribution in [0.3, 0.4) is 0 Å². The summed E-state index contributed by atoms with van der Waals surface area (Å²) in [7, 11) is 11.5. The van der Waals surface area contributed by atoms with E-state index in [2.05, 4.69) is 40.1 Å². The number of hydrogen-bond acceptors (Lipinski definition) is 6. The van der Waals surface area contributed by atoms with E-state index in [-0.39, 0.29) is 0 Å². The molecule has 0 aliphatic rings. The van der Waals surface area contributed by atoms with E-state index in [1.807, 2.05) is 70.7 Å². The van der Waals surface area contributed by atoms with Gasteiger partial charge in [0.25, 0.3) is 0 Å². The van der Waals surface area contributed by atoms with Crippen molar-refractivity contribution in [1.82, 2.24) is 9.80 Å². The van der Waals surface area contributed by atoms with Crippen LogP contribution in [0.4, 0.5) is 0 Å². The molecule has 0 N–H and O–H groups in total. The van der Waals surface area contributed by atoms with Crippen molar-refractivity contribution in [2.45, 2.75) is 0 Å². The summed E-state index contributed by atoms with van der Waals surface area (Å²) in [5.41, 5.74) is 4.07. The Morgan fingerprint density at radius 1 is 0.639 bits per heavy atom. The highest BCUT2D eigenvalue weighted by Crippen LogP contribution is 2.34. The molecule has 0 atom stereocenters. The molecule has 3 aromatic rings. The summed E-state index contributed by atoms with van der Waals surface area (Å²) in [6, 6.07) is 22.2. The van der Waals surface area contributed by atoms with Gasteiger partial charge < -0.3 is 28.7 Å². The number of benzene rings is 3. The van der Waals surface area contributed by atoms with Crippen LogP contribution in [-0.4, -0.2) is 78.5 Å². The molecule has 0 aliphatic carbocycles. The van der Waals surface area contributed by atoms with E-state index in [0.717, 1.165) is 58.4 Å². The highest BCUT2D eigenvalue weighted by Gasteiger charge is 2.11. The van der Waals surface area contributed by atoms with Gasteiger partial charge in [-0.2, -0.15) is 0 Å². The summed E-state index contributed by atoms with van der Waals surface area (Å²) in [6.07, 6.45) is 2.16. The molecule has 0 heterocycles. The second-order valence-corrected chi connectivity index (χ2v) is 9.06. The Kier molecular flexibility index (Phi) is 10.2. The SMILES string of the molecule is COc1cc(OC)cc(/C(=C/c2cccc(OCCN(C)C)c2)c2cccc(OCCN(C)C)c2)c1. The van der Waals surface area contributed by atoms with Crippen LogP contribution >= 0.6 is 0 Å². The predicted molar refractivity (Wildman–Crippen MR) is 148 cm³/mol. The third-order valence-corrected chi connectivity index (χ3v) is 5.59. The van der Waals surface area contributed by atoms with Gasteiger partial charge in [-0.15, -0.1) is 0 Å². The van der Waals surface area contributed by atoms with Crippen molar-refractivity contribution in [3.8, 4) is 23.0 Å². The largest absolute Gasteiger partial charge is 0.497 e. The van der Waals surface area contributed by atoms with Crippen LogP contribution in [0, 0.1) is 0 Å². The van der Waals surface area contributed by atoms with Gasteiger partial charge in [0.2, 0.25) is 0 Å². The average Bonchev–Trinajstić information content (AvgIpc) is 2.87. The van der Waals surface area contributed by atoms with Crippen molar-refractivity contribution in [3.05, 3.63) is 83.4 Å². The van der Waals surface area contributed by atoms with Crippen molar-refractivity contribution in [2.75, 3.05) is 68.7 Å². The van der Waals surface area contributed by atoms with Crippen LogP contribution in [0.2, 0.25) is 0 Å². The molecule has 0 amide bonds. The molecular weight excluding hydrogens is 452 g/mol. The van der Waals surface area contributed by atoms with Crippen molar-refractivity contribution >= 4 is 11.6 Å². The van der Waals surface area contributed by atoms with E-state index >= 15 is 0 Å². The third kappa shape index (κ3) is 8.33. The molecular formula is C30H38N2O4. The van der Waals surface area contributed by atoms with E-state index in [0.29, 0.717) is 13.2 Å². The molecule has 0 saturated heterocycles. The number of hydrogen-bond donors (Lipinski definition) is 0. The summed E-state index contributed by atoms with van der Waals surface area (Å²) in [5, 5.41) is 0. The maximum absolute atomic E-state index is 6.02. The molecule has 0 saturated carbocycles. The minimum Gasteiger partial charge on any atom is -0.497 e. The fourth-order valence-corrected chi connectivity index (χ4v) is 3.60. The van der Waals surface area contributed by atoms with Gasteiger partial charge in [0, 0.05) is 19.2 Å². The van der Waals surface area contributed by atoms with Crippen molar-refractivity contribution in [1.29, 1.82) is 0 Å². The van der Waals surface area contributed by atoms with Crippen LogP contribution in [0.1, 0.15) is 16.7 Å². The number of methoxy groups -OCH3 is 2. The first-order valence-corrected chi connectivity index (χ1v) is 12.1. The maximum atomic E-state index is 6.02. The number of ether oxygens (including phenoxy) is 4. The van der Waals surface area contributed by atoms with Gasteiger partial charge in [-0.05, 0) is 92.9 Å². The van der Waals surface area contributed by atoms with E-state index in [1.54, 1.807) is 14.2 Å². The monoisotopic (exact) mass is 490 g/mol. The third-order valence-electron chi connectivity index (χ3n) is 5.59. The summed E-state index contributed by atoms with van der Waals surface area (Å²) in [6.45, 7) is 2.96. The normalized spacial score (nSPS) is 11.6. The first-order chi connectivity index (χ1) is 17.4. The van der Waals surface area contributed by atoms with Gasteiger partial charge in [-0.25, -0.2) is 0 Å². The molecule has 192 valence electrons. The molecule has 0 radical (unpaired) electrons. The van der Waals surface area contributed by atoms with Crippen molar-refractivity contribution in [3.63, 3.8) is 0 Å². The van der Waals surface area contributed by atoms with E-state index in [9.17, 15) is 0 Å². The summed E-state index contributed by atoms with van der Waals surface area (Å²) in [5.74, 6) is 3.13. The fourth-order valence-electron chi connectivity index (χ4n) is 3.60. The van der Waals surface area contributed by atoms with Gasteiger partial charge in [0.05, 0.1) is 14.2 Å². The zero-order valence-electron chi connectivity index (χ0n) is 22.3. The Bertz CT molecular complexity index is 1120. The second kappa shape index (κ2) is 13.6. The highest BCUT2D eigenvalue weighted by molar-refractivity contribution is 5.92. The van der Waals surface area contributed by atoms with Crippen molar-refractivity contribution in [2.24, 2.45) is 0 Å². The first kappa shape index (κ1) is 27.1. The molecule has 0 spiro atoms. The van der Waals surface area contributed by atoms with Crippen LogP contribution in [0.15, 0.2) is 66.7 Å². The summed E-state index contributed by atoms with van der Waals surface area (Å²) >= 11 is 0. The average molecular weight is 491 g/mol. The van der Waals surface area contributed by atoms with Gasteiger partial charge in [-0.1, -0.05) is 24.3 Å². The molecule has 0 bridgehead atoms. The Labute approximate surface area is 215 Å². The molecule has 6 nitrogen and oxygen atoms in total. The van der Waals surface area contributed by atoms with Crippen molar-refractivity contribution < 1.29 is 18.9 Å². The van der Waals surface area contributed by atoms with E-state index in [1.165, 1.54) is 0 Å². The van der Waals surface area contributed by atoms with Gasteiger partial charge in [0.15, 0.2) is 0 Å². The Morgan fingerprint density at radius 3 is 1.72 bits per heavy atom. The highest BCUT2D eigenvalue weighted by atomic mass is 16.5. The first-order valence-electron chi connectivity index (χ1n) is 12.1. The topological polar surface area (TPSA) is 43.4 Å². The van der Waals surface area contributed by atoms with E-state index in [4.69, 9.17) is 18.9 Å². The van der Waals surface area contributed by atoms with Gasteiger partial charge >= 0.3 is 0 Å². The fraction of sp³-hybridized carbons (Fsp3) is 0.333. The molecule has 6 heteroatoms. The zero-order valence-corrected chi connectivity index (χ0v) is 22.3. The van der Waals surface area contributed by atoms with Crippen LogP contribution in [0.5, 0.6) is 23.0 Å². The smallest absolute Gasteiger partial charge is 0.123 e. The standard InChI is InChI=1S/C30H38N2O4/c1-31(2)13-15-35-26-11-7-9-23(17-26)18-30(25-20-28(33-5)22-29(21-25)34-6)24-10-8-12-27(19-24)36-16-14-32(3)4/h7-12,17-22H,13-16H2,1-6H3/b30-18+. The molecule has 3 rings (SSSR count). The molecule has 0 aromatic heterocycles. The lowest BCUT2D eigenvalue weighted by Crippen LogP contribution is -2.19. The number of rotatable bonds is 13. The van der Waals surface area contributed by atoms with Crippen LogP contribution in [0.25, 0.3) is 11.6 Å². The minimum absolute atomic E-state index is 0.620. The molecule has 36 heavy (non-hydrogen) atoms. The maximum Gasteiger partial charge on any atom is 0.123 e. The lowest BCUT2D eigenvalue weighted by Gasteiger charge is -2.15. The lowest BCUT2D eigenvalue weighted by atomic mass is 9.95. The Morgan fingerprint density at radius 2 is 1.17 bits per heavy atom.